The van der Waals surface area contributed by atoms with Crippen LogP contribution in [0.15, 0.2) is 11.9 Å². The van der Waals surface area contributed by atoms with Crippen molar-refractivity contribution in [3.8, 4) is 0 Å². The molecule has 0 aliphatic carbocycles. The lowest BCUT2D eigenvalue weighted by Gasteiger charge is -2.18. The molecular formula is C5H6N3O2. The SMILES string of the molecule is CN1C(=O)[N]C(=O)C=C1N. The van der Waals surface area contributed by atoms with E-state index in [9.17, 15) is 9.59 Å². The third-order valence-corrected chi connectivity index (χ3v) is 1.15. The molecule has 0 aromatic heterocycles. The summed E-state index contributed by atoms with van der Waals surface area (Å²) in [7, 11) is 1.45. The van der Waals surface area contributed by atoms with Crippen LogP contribution in [0.5, 0.6) is 0 Å². The summed E-state index contributed by atoms with van der Waals surface area (Å²) in [6.07, 6.45) is 1.10. The molecule has 0 unspecified atom stereocenters. The summed E-state index contributed by atoms with van der Waals surface area (Å²) in [6.45, 7) is 0. The van der Waals surface area contributed by atoms with Crippen LogP contribution in [0.2, 0.25) is 0 Å². The maximum Gasteiger partial charge on any atom is 0.352 e. The van der Waals surface area contributed by atoms with Gasteiger partial charge in [0.2, 0.25) is 0 Å². The van der Waals surface area contributed by atoms with E-state index in [2.05, 4.69) is 5.32 Å². The minimum Gasteiger partial charge on any atom is -0.385 e. The molecular weight excluding hydrogens is 134 g/mol. The molecule has 0 bridgehead atoms. The number of urea groups is 1. The summed E-state index contributed by atoms with van der Waals surface area (Å²) in [6, 6.07) is -0.620. The molecule has 0 aromatic carbocycles. The normalized spacial score (nSPS) is 18.5. The highest BCUT2D eigenvalue weighted by Gasteiger charge is 2.21. The number of hydrogen-bond donors (Lipinski definition) is 1. The Bertz CT molecular complexity index is 221. The molecule has 1 aliphatic rings. The number of nitrogens with two attached hydrogens (primary N) is 1. The van der Waals surface area contributed by atoms with Crippen LogP contribution in [0.1, 0.15) is 0 Å². The quantitative estimate of drug-likeness (QED) is 0.468. The maximum absolute atomic E-state index is 10.6. The summed E-state index contributed by atoms with van der Waals surface area (Å²) in [5, 5.41) is 3.11. The third-order valence-electron chi connectivity index (χ3n) is 1.15. The van der Waals surface area contributed by atoms with Gasteiger partial charge in [-0.1, -0.05) is 0 Å². The van der Waals surface area contributed by atoms with E-state index in [0.717, 1.165) is 11.0 Å². The van der Waals surface area contributed by atoms with Gasteiger partial charge in [-0.25, -0.2) is 4.79 Å². The minimum atomic E-state index is -0.620. The first-order valence-corrected chi connectivity index (χ1v) is 2.62. The van der Waals surface area contributed by atoms with Crippen LogP contribution in [-0.4, -0.2) is 23.9 Å². The number of carbonyl (C=O) groups excluding carboxylic acids is 2. The Kier molecular flexibility index (Phi) is 1.33. The second kappa shape index (κ2) is 2.02. The van der Waals surface area contributed by atoms with Crippen LogP contribution < -0.4 is 11.1 Å². The molecule has 1 radical (unpaired) electrons. The second-order valence-corrected chi connectivity index (χ2v) is 1.86. The first kappa shape index (κ1) is 6.60. The lowest BCUT2D eigenvalue weighted by atomic mass is 10.4. The summed E-state index contributed by atoms with van der Waals surface area (Å²) in [5.74, 6) is -0.467. The number of nitrogens with zero attached hydrogens (tertiary/aromatic N) is 2. The summed E-state index contributed by atoms with van der Waals surface area (Å²) in [5.41, 5.74) is 5.24. The van der Waals surface area contributed by atoms with Crippen LogP contribution in [0.3, 0.4) is 0 Å². The fraction of sp³-hybridized carbons (Fsp3) is 0.200. The maximum atomic E-state index is 10.6. The van der Waals surface area contributed by atoms with Gasteiger partial charge in [0.25, 0.3) is 5.91 Å². The van der Waals surface area contributed by atoms with Crippen molar-refractivity contribution in [1.29, 1.82) is 0 Å². The van der Waals surface area contributed by atoms with Crippen molar-refractivity contribution >= 4 is 11.9 Å². The van der Waals surface area contributed by atoms with E-state index >= 15 is 0 Å². The van der Waals surface area contributed by atoms with E-state index < -0.39 is 11.9 Å². The first-order chi connectivity index (χ1) is 4.61. The topological polar surface area (TPSA) is 77.5 Å². The van der Waals surface area contributed by atoms with E-state index in [1.54, 1.807) is 0 Å². The third kappa shape index (κ3) is 0.928. The smallest absolute Gasteiger partial charge is 0.352 e. The van der Waals surface area contributed by atoms with Gasteiger partial charge in [-0.05, 0) is 0 Å². The highest BCUT2D eigenvalue weighted by atomic mass is 16.2. The average Bonchev–Trinajstić information content (AvgIpc) is 1.82. The van der Waals surface area contributed by atoms with Crippen LogP contribution in [0, 0.1) is 0 Å². The molecule has 53 valence electrons. The van der Waals surface area contributed by atoms with Crippen LogP contribution in [0.4, 0.5) is 4.79 Å². The van der Waals surface area contributed by atoms with Gasteiger partial charge in [0.15, 0.2) is 0 Å². The zero-order valence-corrected chi connectivity index (χ0v) is 5.37. The van der Waals surface area contributed by atoms with Gasteiger partial charge < -0.3 is 5.73 Å². The number of amides is 3. The van der Waals surface area contributed by atoms with Gasteiger partial charge >= 0.3 is 6.03 Å². The van der Waals surface area contributed by atoms with Crippen molar-refractivity contribution in [2.24, 2.45) is 5.73 Å². The highest BCUT2D eigenvalue weighted by molar-refractivity contribution is 6.03. The molecule has 1 aliphatic heterocycles. The van der Waals surface area contributed by atoms with Gasteiger partial charge in [-0.2, -0.15) is 5.32 Å². The zero-order chi connectivity index (χ0) is 7.72. The van der Waals surface area contributed by atoms with Crippen LogP contribution >= 0.6 is 0 Å². The van der Waals surface area contributed by atoms with Gasteiger partial charge in [0.1, 0.15) is 5.82 Å². The molecule has 2 N–H and O–H groups in total. The summed E-state index contributed by atoms with van der Waals surface area (Å²) in [4.78, 5) is 22.2. The Morgan fingerprint density at radius 3 is 2.70 bits per heavy atom. The molecule has 0 saturated heterocycles. The fourth-order valence-electron chi connectivity index (χ4n) is 0.535. The molecule has 0 atom stereocenters. The van der Waals surface area contributed by atoms with Crippen molar-refractivity contribution in [2.75, 3.05) is 7.05 Å². The van der Waals surface area contributed by atoms with Gasteiger partial charge in [-0.15, -0.1) is 0 Å². The molecule has 1 heterocycles. The zero-order valence-electron chi connectivity index (χ0n) is 5.37. The number of rotatable bonds is 0. The predicted molar refractivity (Wildman–Crippen MR) is 32.6 cm³/mol. The molecule has 0 saturated carbocycles. The Labute approximate surface area is 57.5 Å². The van der Waals surface area contributed by atoms with Crippen molar-refractivity contribution in [2.45, 2.75) is 0 Å². The molecule has 3 amide bonds. The molecule has 0 aromatic rings. The van der Waals surface area contributed by atoms with E-state index in [-0.39, 0.29) is 5.82 Å². The Balaban J connectivity index is 2.91. The van der Waals surface area contributed by atoms with Crippen LogP contribution in [0.25, 0.3) is 0 Å². The molecule has 0 spiro atoms. The number of carbonyl (C=O) groups is 2. The van der Waals surface area contributed by atoms with E-state index in [1.807, 2.05) is 0 Å². The monoisotopic (exact) mass is 140 g/mol. The van der Waals surface area contributed by atoms with Gasteiger partial charge in [-0.3, -0.25) is 9.69 Å². The van der Waals surface area contributed by atoms with Crippen LogP contribution in [-0.2, 0) is 4.79 Å². The molecule has 1 rings (SSSR count). The van der Waals surface area contributed by atoms with Crippen molar-refractivity contribution in [3.05, 3.63) is 11.9 Å². The largest absolute Gasteiger partial charge is 0.385 e. The molecule has 5 nitrogen and oxygen atoms in total. The van der Waals surface area contributed by atoms with Crippen molar-refractivity contribution in [3.63, 3.8) is 0 Å². The van der Waals surface area contributed by atoms with E-state index in [1.165, 1.54) is 7.05 Å². The van der Waals surface area contributed by atoms with E-state index in [0.29, 0.717) is 0 Å². The number of hydrogen-bond acceptors (Lipinski definition) is 3. The minimum absolute atomic E-state index is 0.130. The summed E-state index contributed by atoms with van der Waals surface area (Å²) >= 11 is 0. The summed E-state index contributed by atoms with van der Waals surface area (Å²) < 4.78 is 0. The van der Waals surface area contributed by atoms with Crippen molar-refractivity contribution < 1.29 is 9.59 Å². The Morgan fingerprint density at radius 2 is 2.20 bits per heavy atom. The second-order valence-electron chi connectivity index (χ2n) is 1.86. The predicted octanol–water partition coefficient (Wildman–Crippen LogP) is -1.02. The molecule has 0 fully saturated rings. The highest BCUT2D eigenvalue weighted by Crippen LogP contribution is 2.00. The molecule has 5 heteroatoms. The van der Waals surface area contributed by atoms with Crippen molar-refractivity contribution in [1.82, 2.24) is 10.2 Å². The van der Waals surface area contributed by atoms with Gasteiger partial charge in [0, 0.05) is 13.1 Å². The van der Waals surface area contributed by atoms with E-state index in [4.69, 9.17) is 5.73 Å². The Morgan fingerprint density at radius 1 is 1.60 bits per heavy atom. The fourth-order valence-corrected chi connectivity index (χ4v) is 0.535. The lowest BCUT2D eigenvalue weighted by Crippen LogP contribution is -2.41. The standard InChI is InChI=1S/C5H6N3O2/c1-8-3(6)2-4(9)7-5(8)10/h2H,6H2,1H3. The number of imide groups is 1. The average molecular weight is 140 g/mol. The van der Waals surface area contributed by atoms with Gasteiger partial charge in [0.05, 0.1) is 0 Å². The molecule has 10 heavy (non-hydrogen) atoms. The Hall–Kier alpha value is -1.52. The first-order valence-electron chi connectivity index (χ1n) is 2.62. The lowest BCUT2D eigenvalue weighted by molar-refractivity contribution is -0.116.